The largest absolute Gasteiger partial charge is 0.407 e. The number of aliphatic hydroxyl groups excluding tert-OH is 1. The van der Waals surface area contributed by atoms with Gasteiger partial charge in [0.15, 0.2) is 0 Å². The third-order valence-corrected chi connectivity index (χ3v) is 10.5. The Balaban J connectivity index is 1.83. The highest BCUT2D eigenvalue weighted by atomic mass is 28.4. The fourth-order valence-corrected chi connectivity index (χ4v) is 8.73. The van der Waals surface area contributed by atoms with E-state index in [1.807, 2.05) is 12.2 Å². The maximum absolute atomic E-state index is 10.1. The Morgan fingerprint density at radius 3 is 2.07 bits per heavy atom. The highest BCUT2D eigenvalue weighted by Gasteiger charge is 2.49. The topological polar surface area (TPSA) is 38.7 Å². The quantitative estimate of drug-likeness (QED) is 0.441. The van der Waals surface area contributed by atoms with Gasteiger partial charge >= 0.3 is 0 Å². The van der Waals surface area contributed by atoms with E-state index in [-0.39, 0.29) is 11.1 Å². The highest BCUT2D eigenvalue weighted by Crippen LogP contribution is 2.36. The van der Waals surface area contributed by atoms with Crippen molar-refractivity contribution in [1.82, 2.24) is 0 Å². The van der Waals surface area contributed by atoms with Crippen LogP contribution in [0.15, 0.2) is 72.8 Å². The predicted molar refractivity (Wildman–Crippen MR) is 118 cm³/mol. The van der Waals surface area contributed by atoms with Gasteiger partial charge < -0.3 is 14.3 Å². The van der Waals surface area contributed by atoms with Crippen LogP contribution in [0.2, 0.25) is 5.04 Å². The summed E-state index contributed by atoms with van der Waals surface area (Å²) in [4.78, 5) is 0. The molecule has 1 aliphatic rings. The molecule has 0 bridgehead atoms. The maximum Gasteiger partial charge on any atom is 0.261 e. The summed E-state index contributed by atoms with van der Waals surface area (Å²) in [7, 11) is -2.47. The minimum absolute atomic E-state index is 0.0146. The molecule has 150 valence electrons. The number of ether oxygens (including phenoxy) is 1. The first-order chi connectivity index (χ1) is 13.4. The summed E-state index contributed by atoms with van der Waals surface area (Å²) in [5.41, 5.74) is 0. The summed E-state index contributed by atoms with van der Waals surface area (Å²) >= 11 is 0. The molecule has 28 heavy (non-hydrogen) atoms. The summed E-state index contributed by atoms with van der Waals surface area (Å²) in [6.07, 6.45) is 4.72. The molecule has 0 aromatic heterocycles. The van der Waals surface area contributed by atoms with E-state index in [0.717, 1.165) is 12.8 Å². The SMILES string of the molecule is CC(C)(C)[Si](OCCC[C@@H]1OCC=C[C@@H]1O)(c1ccccc1)c1ccccc1. The molecule has 0 saturated carbocycles. The second kappa shape index (κ2) is 9.18. The molecule has 2 aromatic rings. The zero-order valence-electron chi connectivity index (χ0n) is 17.2. The molecular formula is C24H32O3Si. The lowest BCUT2D eigenvalue weighted by Crippen LogP contribution is -2.66. The molecule has 0 amide bonds. The van der Waals surface area contributed by atoms with Gasteiger partial charge in [0, 0.05) is 6.61 Å². The monoisotopic (exact) mass is 396 g/mol. The third-order valence-electron chi connectivity index (χ3n) is 5.49. The average Bonchev–Trinajstić information content (AvgIpc) is 2.70. The molecule has 2 aromatic carbocycles. The van der Waals surface area contributed by atoms with Crippen molar-refractivity contribution in [3.8, 4) is 0 Å². The number of hydrogen-bond donors (Lipinski definition) is 1. The third kappa shape index (κ3) is 4.46. The Bertz CT molecular complexity index is 713. The van der Waals surface area contributed by atoms with Gasteiger partial charge in [0.05, 0.1) is 18.8 Å². The predicted octanol–water partition coefficient (Wildman–Crippen LogP) is 3.66. The van der Waals surface area contributed by atoms with Crippen LogP contribution in [0.1, 0.15) is 33.6 Å². The summed E-state index contributed by atoms with van der Waals surface area (Å²) in [6, 6.07) is 21.4. The lowest BCUT2D eigenvalue weighted by Gasteiger charge is -2.43. The van der Waals surface area contributed by atoms with Gasteiger partial charge in [-0.05, 0) is 28.3 Å². The Morgan fingerprint density at radius 1 is 1.00 bits per heavy atom. The minimum atomic E-state index is -2.47. The molecule has 0 saturated heterocycles. The van der Waals surface area contributed by atoms with E-state index in [9.17, 15) is 5.11 Å². The van der Waals surface area contributed by atoms with Crippen molar-refractivity contribution in [2.45, 2.75) is 50.9 Å². The summed E-state index contributed by atoms with van der Waals surface area (Å²) in [6.45, 7) is 8.11. The highest BCUT2D eigenvalue weighted by molar-refractivity contribution is 6.99. The first-order valence-electron chi connectivity index (χ1n) is 10.2. The van der Waals surface area contributed by atoms with Crippen molar-refractivity contribution in [2.75, 3.05) is 13.2 Å². The second-order valence-corrected chi connectivity index (χ2v) is 12.8. The fraction of sp³-hybridized carbons (Fsp3) is 0.417. The molecule has 3 rings (SSSR count). The van der Waals surface area contributed by atoms with Crippen LogP contribution in [0, 0.1) is 0 Å². The Hall–Kier alpha value is -1.72. The van der Waals surface area contributed by atoms with Crippen LogP contribution < -0.4 is 10.4 Å². The number of aliphatic hydroxyl groups is 1. The molecule has 0 aliphatic carbocycles. The van der Waals surface area contributed by atoms with Crippen LogP contribution in [-0.2, 0) is 9.16 Å². The first-order valence-corrected chi connectivity index (χ1v) is 12.1. The Labute approximate surface area is 170 Å². The van der Waals surface area contributed by atoms with Gasteiger partial charge in [0.1, 0.15) is 0 Å². The van der Waals surface area contributed by atoms with Crippen LogP contribution in [0.4, 0.5) is 0 Å². The molecule has 2 atom stereocenters. The second-order valence-electron chi connectivity index (χ2n) is 8.44. The summed E-state index contributed by atoms with van der Waals surface area (Å²) in [5, 5.41) is 12.6. The van der Waals surface area contributed by atoms with Crippen molar-refractivity contribution >= 4 is 18.7 Å². The smallest absolute Gasteiger partial charge is 0.261 e. The van der Waals surface area contributed by atoms with Crippen molar-refractivity contribution in [3.63, 3.8) is 0 Å². The summed E-state index contributed by atoms with van der Waals surface area (Å²) in [5.74, 6) is 0. The van der Waals surface area contributed by atoms with Crippen molar-refractivity contribution < 1.29 is 14.3 Å². The van der Waals surface area contributed by atoms with E-state index in [1.165, 1.54) is 10.4 Å². The minimum Gasteiger partial charge on any atom is -0.407 e. The van der Waals surface area contributed by atoms with E-state index < -0.39 is 14.4 Å². The molecule has 0 radical (unpaired) electrons. The Morgan fingerprint density at radius 2 is 1.57 bits per heavy atom. The number of rotatable bonds is 7. The van der Waals surface area contributed by atoms with Crippen LogP contribution in [0.5, 0.6) is 0 Å². The molecule has 3 nitrogen and oxygen atoms in total. The normalized spacial score (nSPS) is 20.3. The standard InChI is InChI=1S/C24H32O3Si/c1-24(2,3)28(20-12-6-4-7-13-20,21-14-8-5-9-15-21)27-19-11-17-23-22(25)16-10-18-26-23/h4-10,12-16,22-23,25H,11,17-19H2,1-3H3/t22-,23-/m0/s1. The van der Waals surface area contributed by atoms with Crippen LogP contribution in [0.25, 0.3) is 0 Å². The van der Waals surface area contributed by atoms with Crippen molar-refractivity contribution in [2.24, 2.45) is 0 Å². The number of hydrogen-bond acceptors (Lipinski definition) is 3. The zero-order valence-corrected chi connectivity index (χ0v) is 18.2. The van der Waals surface area contributed by atoms with Crippen molar-refractivity contribution in [3.05, 3.63) is 72.8 Å². The van der Waals surface area contributed by atoms with E-state index in [4.69, 9.17) is 9.16 Å². The lowest BCUT2D eigenvalue weighted by atomic mass is 10.1. The van der Waals surface area contributed by atoms with E-state index in [2.05, 4.69) is 81.4 Å². The van der Waals surface area contributed by atoms with Gasteiger partial charge in [0.25, 0.3) is 8.32 Å². The van der Waals surface area contributed by atoms with E-state index in [0.29, 0.717) is 13.2 Å². The Kier molecular flexibility index (Phi) is 6.89. The van der Waals surface area contributed by atoms with Gasteiger partial charge in [-0.25, -0.2) is 0 Å². The average molecular weight is 397 g/mol. The van der Waals surface area contributed by atoms with Crippen LogP contribution in [0.3, 0.4) is 0 Å². The van der Waals surface area contributed by atoms with E-state index >= 15 is 0 Å². The molecule has 0 spiro atoms. The van der Waals surface area contributed by atoms with Gasteiger partial charge in [-0.3, -0.25) is 0 Å². The molecule has 0 unspecified atom stereocenters. The summed E-state index contributed by atoms with van der Waals surface area (Å²) < 4.78 is 12.6. The van der Waals surface area contributed by atoms with Crippen LogP contribution >= 0.6 is 0 Å². The van der Waals surface area contributed by atoms with Gasteiger partial charge in [-0.2, -0.15) is 0 Å². The van der Waals surface area contributed by atoms with E-state index in [1.54, 1.807) is 0 Å². The van der Waals surface area contributed by atoms with Crippen molar-refractivity contribution in [1.29, 1.82) is 0 Å². The molecule has 1 heterocycles. The van der Waals surface area contributed by atoms with Crippen LogP contribution in [-0.4, -0.2) is 38.8 Å². The van der Waals surface area contributed by atoms with Gasteiger partial charge in [-0.15, -0.1) is 0 Å². The van der Waals surface area contributed by atoms with Gasteiger partial charge in [0.2, 0.25) is 0 Å². The molecule has 0 fully saturated rings. The zero-order chi connectivity index (χ0) is 20.0. The van der Waals surface area contributed by atoms with Gasteiger partial charge in [-0.1, -0.05) is 93.6 Å². The molecule has 1 N–H and O–H groups in total. The molecule has 4 heteroatoms. The first kappa shape index (κ1) is 21.0. The molecular weight excluding hydrogens is 364 g/mol. The number of benzene rings is 2. The fourth-order valence-electron chi connectivity index (χ4n) is 4.12. The molecule has 1 aliphatic heterocycles. The maximum atomic E-state index is 10.1. The lowest BCUT2D eigenvalue weighted by molar-refractivity contribution is -0.0222.